The summed E-state index contributed by atoms with van der Waals surface area (Å²) in [6.07, 6.45) is 3.63. The van der Waals surface area contributed by atoms with Gasteiger partial charge in [0.1, 0.15) is 5.01 Å². The van der Waals surface area contributed by atoms with Gasteiger partial charge in [-0.05, 0) is 24.3 Å². The number of thiazole rings is 1. The van der Waals surface area contributed by atoms with Crippen molar-refractivity contribution < 1.29 is 0 Å². The van der Waals surface area contributed by atoms with Gasteiger partial charge in [-0.15, -0.1) is 11.3 Å². The number of nitrogens with zero attached hydrogens (tertiary/aromatic N) is 2. The van der Waals surface area contributed by atoms with Crippen LogP contribution in [0.5, 0.6) is 0 Å². The molecule has 1 saturated carbocycles. The van der Waals surface area contributed by atoms with Crippen molar-refractivity contribution in [1.29, 1.82) is 0 Å². The van der Waals surface area contributed by atoms with Gasteiger partial charge in [-0.3, -0.25) is 4.90 Å². The average molecular weight is 299 g/mol. The number of nitrogens with two attached hydrogens (primary N) is 1. The van der Waals surface area contributed by atoms with Gasteiger partial charge in [-0.25, -0.2) is 4.98 Å². The van der Waals surface area contributed by atoms with E-state index >= 15 is 0 Å². The van der Waals surface area contributed by atoms with Crippen molar-refractivity contribution in [2.24, 2.45) is 11.7 Å². The number of benzene rings is 1. The Morgan fingerprint density at radius 2 is 2.10 bits per heavy atom. The van der Waals surface area contributed by atoms with Crippen LogP contribution in [0.25, 0.3) is 0 Å². The highest BCUT2D eigenvalue weighted by Gasteiger charge is 2.32. The zero-order valence-corrected chi connectivity index (χ0v) is 13.0. The van der Waals surface area contributed by atoms with E-state index in [4.69, 9.17) is 10.7 Å². The fraction of sp³-hybridized carbons (Fsp3) is 0.471. The van der Waals surface area contributed by atoms with Crippen molar-refractivity contribution in [2.75, 3.05) is 6.54 Å². The van der Waals surface area contributed by atoms with Crippen LogP contribution in [0.15, 0.2) is 30.3 Å². The second-order valence-electron chi connectivity index (χ2n) is 6.23. The van der Waals surface area contributed by atoms with E-state index in [9.17, 15) is 0 Å². The smallest absolute Gasteiger partial charge is 0.110 e. The van der Waals surface area contributed by atoms with Gasteiger partial charge in [0.2, 0.25) is 0 Å². The van der Waals surface area contributed by atoms with Gasteiger partial charge in [0.25, 0.3) is 0 Å². The van der Waals surface area contributed by atoms with E-state index in [1.807, 2.05) is 11.3 Å². The maximum absolute atomic E-state index is 6.30. The number of aromatic nitrogens is 1. The lowest BCUT2D eigenvalue weighted by Crippen LogP contribution is -2.29. The SMILES string of the molecule is NC(c1nc2c(s1)CN(Cc1ccccc1)CC2)C1CC1. The molecule has 2 heterocycles. The molecule has 1 aliphatic carbocycles. The van der Waals surface area contributed by atoms with Crippen molar-refractivity contribution in [3.05, 3.63) is 51.5 Å². The van der Waals surface area contributed by atoms with Gasteiger partial charge in [0.05, 0.1) is 11.7 Å². The molecule has 1 aromatic heterocycles. The van der Waals surface area contributed by atoms with Crippen molar-refractivity contribution in [3.63, 3.8) is 0 Å². The molecule has 0 radical (unpaired) electrons. The van der Waals surface area contributed by atoms with Crippen LogP contribution in [-0.2, 0) is 19.5 Å². The molecule has 4 heteroatoms. The van der Waals surface area contributed by atoms with Crippen LogP contribution in [-0.4, -0.2) is 16.4 Å². The Morgan fingerprint density at radius 1 is 1.29 bits per heavy atom. The highest BCUT2D eigenvalue weighted by molar-refractivity contribution is 7.11. The first-order chi connectivity index (χ1) is 10.3. The minimum atomic E-state index is 0.183. The van der Waals surface area contributed by atoms with Crippen molar-refractivity contribution in [1.82, 2.24) is 9.88 Å². The Bertz CT molecular complexity index is 618. The van der Waals surface area contributed by atoms with E-state index in [-0.39, 0.29) is 6.04 Å². The quantitative estimate of drug-likeness (QED) is 0.943. The monoisotopic (exact) mass is 299 g/mol. The molecule has 1 atom stereocenters. The van der Waals surface area contributed by atoms with Crippen molar-refractivity contribution in [2.45, 2.75) is 38.4 Å². The lowest BCUT2D eigenvalue weighted by atomic mass is 10.1. The van der Waals surface area contributed by atoms with Crippen molar-refractivity contribution >= 4 is 11.3 Å². The van der Waals surface area contributed by atoms with Gasteiger partial charge in [-0.1, -0.05) is 30.3 Å². The molecule has 2 aliphatic rings. The second kappa shape index (κ2) is 5.52. The van der Waals surface area contributed by atoms with E-state index in [0.29, 0.717) is 5.92 Å². The van der Waals surface area contributed by atoms with E-state index in [0.717, 1.165) is 26.1 Å². The van der Waals surface area contributed by atoms with Gasteiger partial charge in [-0.2, -0.15) is 0 Å². The third kappa shape index (κ3) is 2.89. The lowest BCUT2D eigenvalue weighted by Gasteiger charge is -2.25. The Morgan fingerprint density at radius 3 is 2.86 bits per heavy atom. The molecule has 2 N–H and O–H groups in total. The molecule has 1 unspecified atom stereocenters. The number of rotatable bonds is 4. The van der Waals surface area contributed by atoms with Crippen LogP contribution in [0.2, 0.25) is 0 Å². The van der Waals surface area contributed by atoms with Gasteiger partial charge in [0.15, 0.2) is 0 Å². The third-order valence-electron chi connectivity index (χ3n) is 4.49. The van der Waals surface area contributed by atoms with Crippen LogP contribution >= 0.6 is 11.3 Å². The summed E-state index contributed by atoms with van der Waals surface area (Å²) >= 11 is 1.85. The highest BCUT2D eigenvalue weighted by Crippen LogP contribution is 2.41. The fourth-order valence-corrected chi connectivity index (χ4v) is 4.29. The summed E-state index contributed by atoms with van der Waals surface area (Å²) in [7, 11) is 0. The molecule has 1 aliphatic heterocycles. The minimum Gasteiger partial charge on any atom is -0.322 e. The predicted octanol–water partition coefficient (Wildman–Crippen LogP) is 3.11. The molecule has 3 nitrogen and oxygen atoms in total. The first-order valence-corrected chi connectivity index (χ1v) is 8.61. The van der Waals surface area contributed by atoms with Gasteiger partial charge in [0, 0.05) is 30.9 Å². The molecular formula is C17H21N3S. The van der Waals surface area contributed by atoms with Gasteiger partial charge >= 0.3 is 0 Å². The van der Waals surface area contributed by atoms with E-state index in [1.165, 1.54) is 34.0 Å². The normalized spacial score (nSPS) is 20.2. The van der Waals surface area contributed by atoms with Crippen LogP contribution in [0.3, 0.4) is 0 Å². The molecule has 2 aromatic rings. The summed E-state index contributed by atoms with van der Waals surface area (Å²) in [5.41, 5.74) is 9.00. The predicted molar refractivity (Wildman–Crippen MR) is 86.0 cm³/mol. The molecule has 110 valence electrons. The number of hydrogen-bond acceptors (Lipinski definition) is 4. The first-order valence-electron chi connectivity index (χ1n) is 7.80. The van der Waals surface area contributed by atoms with Crippen LogP contribution < -0.4 is 5.73 Å². The Hall–Kier alpha value is -1.23. The van der Waals surface area contributed by atoms with E-state index in [1.54, 1.807) is 0 Å². The summed E-state index contributed by atoms with van der Waals surface area (Å²) in [5, 5.41) is 1.17. The minimum absolute atomic E-state index is 0.183. The zero-order valence-electron chi connectivity index (χ0n) is 12.2. The summed E-state index contributed by atoms with van der Waals surface area (Å²) in [6, 6.07) is 10.9. The largest absolute Gasteiger partial charge is 0.322 e. The van der Waals surface area contributed by atoms with E-state index < -0.39 is 0 Å². The first kappa shape index (κ1) is 13.4. The molecule has 21 heavy (non-hydrogen) atoms. The molecule has 0 spiro atoms. The van der Waals surface area contributed by atoms with Crippen LogP contribution in [0, 0.1) is 5.92 Å². The Kier molecular flexibility index (Phi) is 3.53. The topological polar surface area (TPSA) is 42.1 Å². The Labute approximate surface area is 129 Å². The van der Waals surface area contributed by atoms with Crippen LogP contribution in [0.1, 0.15) is 40.0 Å². The van der Waals surface area contributed by atoms with Crippen LogP contribution in [0.4, 0.5) is 0 Å². The Balaban J connectivity index is 1.47. The fourth-order valence-electron chi connectivity index (χ4n) is 3.04. The molecule has 0 bridgehead atoms. The molecule has 0 saturated heterocycles. The highest BCUT2D eigenvalue weighted by atomic mass is 32.1. The summed E-state index contributed by atoms with van der Waals surface area (Å²) < 4.78 is 0. The maximum Gasteiger partial charge on any atom is 0.110 e. The third-order valence-corrected chi connectivity index (χ3v) is 5.67. The maximum atomic E-state index is 6.30. The number of fused-ring (bicyclic) bond motifs is 1. The summed E-state index contributed by atoms with van der Waals surface area (Å²) in [6.45, 7) is 3.16. The molecule has 0 amide bonds. The molecular weight excluding hydrogens is 278 g/mol. The molecule has 1 aromatic carbocycles. The number of hydrogen-bond donors (Lipinski definition) is 1. The molecule has 4 rings (SSSR count). The standard InChI is InChI=1S/C17H21N3S/c18-16(13-6-7-13)17-19-14-8-9-20(11-15(14)21-17)10-12-4-2-1-3-5-12/h1-5,13,16H,6-11,18H2. The second-order valence-corrected chi connectivity index (χ2v) is 7.35. The van der Waals surface area contributed by atoms with Gasteiger partial charge < -0.3 is 5.73 Å². The molecule has 1 fully saturated rings. The average Bonchev–Trinajstić information content (AvgIpc) is 3.27. The van der Waals surface area contributed by atoms with Crippen molar-refractivity contribution in [3.8, 4) is 0 Å². The summed E-state index contributed by atoms with van der Waals surface area (Å²) in [5.74, 6) is 0.693. The summed E-state index contributed by atoms with van der Waals surface area (Å²) in [4.78, 5) is 8.77. The lowest BCUT2D eigenvalue weighted by molar-refractivity contribution is 0.247. The zero-order chi connectivity index (χ0) is 14.2. The van der Waals surface area contributed by atoms with E-state index in [2.05, 4.69) is 35.2 Å².